The molecule has 0 radical (unpaired) electrons. The van der Waals surface area contributed by atoms with Crippen LogP contribution in [0.2, 0.25) is 0 Å². The van der Waals surface area contributed by atoms with Crippen LogP contribution in [0.1, 0.15) is 191 Å². The van der Waals surface area contributed by atoms with E-state index in [2.05, 4.69) is 40.7 Å². The van der Waals surface area contributed by atoms with Gasteiger partial charge in [-0.25, -0.2) is 0 Å². The second kappa shape index (κ2) is 38.2. The second-order valence-electron chi connectivity index (χ2n) is 15.1. The summed E-state index contributed by atoms with van der Waals surface area (Å²) in [5, 5.41) is 0. The molecule has 0 heteroatoms. The summed E-state index contributed by atoms with van der Waals surface area (Å²) in [6.45, 7) is 11.7. The maximum atomic E-state index is 2.75. The third kappa shape index (κ3) is 26.6. The minimum absolute atomic E-state index is 1.32. The smallest absolute Gasteiger partial charge is 0.0273 e. The largest absolute Gasteiger partial charge is 0.0654 e. The van der Waals surface area contributed by atoms with Crippen molar-refractivity contribution in [1.82, 2.24) is 0 Å². The Bertz CT molecular complexity index is 1070. The van der Waals surface area contributed by atoms with Gasteiger partial charge in [0.05, 0.1) is 0 Å². The molecule has 0 bridgehead atoms. The summed E-state index contributed by atoms with van der Waals surface area (Å²) in [6, 6.07) is 38.7. The average Bonchev–Trinajstić information content (AvgIpc) is 3.23. The molecule has 0 nitrogen and oxygen atoms in total. The lowest BCUT2D eigenvalue weighted by Crippen LogP contribution is -2.10. The zero-order valence-electron chi connectivity index (χ0n) is 36.1. The van der Waals surface area contributed by atoms with Crippen molar-refractivity contribution in [3.8, 4) is 0 Å². The van der Waals surface area contributed by atoms with Crippen LogP contribution in [0.15, 0.2) is 115 Å². The number of hydrogen-bond acceptors (Lipinski definition) is 0. The first-order valence-corrected chi connectivity index (χ1v) is 22.9. The first kappa shape index (κ1) is 48.9. The van der Waals surface area contributed by atoms with E-state index in [1.807, 2.05) is 126 Å². The van der Waals surface area contributed by atoms with Gasteiger partial charge in [-0.3, -0.25) is 0 Å². The van der Waals surface area contributed by atoms with E-state index in [-0.39, 0.29) is 0 Å². The Morgan fingerprint density at radius 2 is 0.426 bits per heavy atom. The molecule has 4 aromatic carbocycles. The van der Waals surface area contributed by atoms with Gasteiger partial charge in [0.1, 0.15) is 0 Å². The summed E-state index contributed by atoms with van der Waals surface area (Å²) in [6.07, 6.45) is 34.3. The van der Waals surface area contributed by atoms with E-state index < -0.39 is 0 Å². The predicted octanol–water partition coefficient (Wildman–Crippen LogP) is 17.4. The molecule has 54 heavy (non-hydrogen) atoms. The number of benzene rings is 4. The number of unbranched alkanes of at least 4 members (excludes halogenated alkanes) is 15. The van der Waals surface area contributed by atoms with Crippen LogP contribution in [-0.2, 0) is 32.1 Å². The second-order valence-corrected chi connectivity index (χ2v) is 15.1. The van der Waals surface area contributed by atoms with E-state index in [1.165, 1.54) is 161 Å². The number of rotatable bonds is 25. The van der Waals surface area contributed by atoms with E-state index in [0.717, 1.165) is 0 Å². The highest BCUT2D eigenvalue weighted by molar-refractivity contribution is 5.47. The van der Waals surface area contributed by atoms with Gasteiger partial charge >= 0.3 is 0 Å². The van der Waals surface area contributed by atoms with Gasteiger partial charge in [0.15, 0.2) is 0 Å². The molecule has 4 aromatic rings. The van der Waals surface area contributed by atoms with E-state index in [9.17, 15) is 0 Å². The zero-order chi connectivity index (χ0) is 39.0. The fraction of sp³-hybridized carbons (Fsp3) is 0.556. The number of hydrogen-bond donors (Lipinski definition) is 0. The van der Waals surface area contributed by atoms with Crippen LogP contribution in [0.25, 0.3) is 0 Å². The van der Waals surface area contributed by atoms with Crippen LogP contribution in [0, 0.1) is 0 Å². The fourth-order valence-electron chi connectivity index (χ4n) is 7.15. The highest BCUT2D eigenvalue weighted by Gasteiger charge is 2.18. The normalized spacial score (nSPS) is 10.3. The van der Waals surface area contributed by atoms with E-state index in [0.29, 0.717) is 0 Å². The van der Waals surface area contributed by atoms with Crippen molar-refractivity contribution in [3.63, 3.8) is 0 Å². The first-order valence-electron chi connectivity index (χ1n) is 22.9. The highest BCUT2D eigenvalue weighted by atomic mass is 14.2. The quantitative estimate of drug-likeness (QED) is 0.0595. The summed E-state index contributed by atoms with van der Waals surface area (Å²) in [5.41, 5.74) is 9.01. The Labute approximate surface area is 337 Å². The van der Waals surface area contributed by atoms with Gasteiger partial charge in [-0.2, -0.15) is 0 Å². The van der Waals surface area contributed by atoms with Crippen LogP contribution < -0.4 is 0 Å². The third-order valence-electron chi connectivity index (χ3n) is 10.3. The minimum Gasteiger partial charge on any atom is -0.0654 e. The Balaban J connectivity index is 0.000000641. The van der Waals surface area contributed by atoms with Crippen molar-refractivity contribution >= 4 is 0 Å². The molecule has 0 fully saturated rings. The third-order valence-corrected chi connectivity index (χ3v) is 10.3. The van der Waals surface area contributed by atoms with Crippen molar-refractivity contribution < 1.29 is 0 Å². The summed E-state index contributed by atoms with van der Waals surface area (Å²) < 4.78 is 0. The van der Waals surface area contributed by atoms with Crippen LogP contribution in [0.4, 0.5) is 0 Å². The molecule has 0 aliphatic carbocycles. The van der Waals surface area contributed by atoms with Crippen LogP contribution in [0.3, 0.4) is 0 Å². The lowest BCUT2D eigenvalue weighted by molar-refractivity contribution is 0.624. The van der Waals surface area contributed by atoms with E-state index in [4.69, 9.17) is 0 Å². The zero-order valence-corrected chi connectivity index (χ0v) is 36.1. The van der Waals surface area contributed by atoms with Gasteiger partial charge in [0.2, 0.25) is 0 Å². The Morgan fingerprint density at radius 3 is 0.648 bits per heavy atom. The lowest BCUT2D eigenvalue weighted by Gasteiger charge is -2.24. The fourth-order valence-corrected chi connectivity index (χ4v) is 7.15. The molecule has 0 spiro atoms. The summed E-state index contributed by atoms with van der Waals surface area (Å²) >= 11 is 0. The molecule has 0 aliphatic rings. The molecule has 0 atom stereocenters. The summed E-state index contributed by atoms with van der Waals surface area (Å²) in [7, 11) is 0. The molecule has 4 rings (SSSR count). The first-order chi connectivity index (χ1) is 26.7. The molecule has 0 aromatic heterocycles. The average molecular weight is 733 g/mol. The van der Waals surface area contributed by atoms with Gasteiger partial charge in [-0.15, -0.1) is 0 Å². The lowest BCUT2D eigenvalue weighted by atomic mass is 9.81. The topological polar surface area (TPSA) is 0 Å². The Hall–Kier alpha value is -3.12. The number of aryl methyl sites for hydroxylation is 2. The van der Waals surface area contributed by atoms with Gasteiger partial charge in [0.25, 0.3) is 0 Å². The SMILES string of the molecule is CCCCCCc1cc(CCCCCC)c(CCCCCC)c(CCCCCC)c1CCCCCC.c1ccccc1.c1ccccc1.c1ccccc1. The van der Waals surface area contributed by atoms with Gasteiger partial charge in [0, 0.05) is 0 Å². The molecule has 0 unspecified atom stereocenters. The maximum absolute atomic E-state index is 2.75. The molecular formula is C54H84. The molecule has 0 saturated heterocycles. The van der Waals surface area contributed by atoms with Gasteiger partial charge in [-0.1, -0.05) is 246 Å². The highest BCUT2D eigenvalue weighted by Crippen LogP contribution is 2.32. The molecule has 300 valence electrons. The Morgan fingerprint density at radius 1 is 0.222 bits per heavy atom. The predicted molar refractivity (Wildman–Crippen MR) is 245 cm³/mol. The van der Waals surface area contributed by atoms with Crippen molar-refractivity contribution in [3.05, 3.63) is 143 Å². The molecule has 0 saturated carbocycles. The van der Waals surface area contributed by atoms with Crippen LogP contribution >= 0.6 is 0 Å². The van der Waals surface area contributed by atoms with Crippen molar-refractivity contribution in [2.75, 3.05) is 0 Å². The van der Waals surface area contributed by atoms with E-state index in [1.54, 1.807) is 11.1 Å². The van der Waals surface area contributed by atoms with Crippen molar-refractivity contribution in [2.24, 2.45) is 0 Å². The molecule has 0 N–H and O–H groups in total. The standard InChI is InChI=1S/C36H66.3C6H6/c1-6-11-16-21-26-32-31-33(27-22-17-12-7-2)35(29-24-19-14-9-4)36(30-25-20-15-10-5)34(32)28-23-18-13-8-3;3*1-2-4-6-5-3-1/h31H,6-30H2,1-5H3;3*1-6H. The summed E-state index contributed by atoms with van der Waals surface area (Å²) in [4.78, 5) is 0. The van der Waals surface area contributed by atoms with Gasteiger partial charge in [-0.05, 0) is 92.0 Å². The van der Waals surface area contributed by atoms with Crippen LogP contribution in [0.5, 0.6) is 0 Å². The minimum atomic E-state index is 1.32. The van der Waals surface area contributed by atoms with Gasteiger partial charge < -0.3 is 0 Å². The van der Waals surface area contributed by atoms with E-state index >= 15 is 0 Å². The van der Waals surface area contributed by atoms with Crippen molar-refractivity contribution in [1.29, 1.82) is 0 Å². The van der Waals surface area contributed by atoms with Crippen molar-refractivity contribution in [2.45, 2.75) is 195 Å². The maximum Gasteiger partial charge on any atom is -0.0273 e. The van der Waals surface area contributed by atoms with Crippen LogP contribution in [-0.4, -0.2) is 0 Å². The monoisotopic (exact) mass is 733 g/mol. The molecule has 0 amide bonds. The Kier molecular flexibility index (Phi) is 34.6. The molecular weight excluding hydrogens is 649 g/mol. The molecule has 0 heterocycles. The summed E-state index contributed by atoms with van der Waals surface area (Å²) in [5.74, 6) is 0. The molecule has 0 aliphatic heterocycles.